The molecular weight excluding hydrogens is 304 g/mol. The lowest BCUT2D eigenvalue weighted by atomic mass is 10.2. The van der Waals surface area contributed by atoms with Crippen molar-refractivity contribution in [1.82, 2.24) is 4.98 Å². The number of carbonyl (C=O) groups is 1. The van der Waals surface area contributed by atoms with Crippen LogP contribution < -0.4 is 10.1 Å². The Morgan fingerprint density at radius 3 is 3.05 bits per heavy atom. The number of nitrogens with one attached hydrogen (secondary N) is 1. The highest BCUT2D eigenvalue weighted by Crippen LogP contribution is 2.32. The first kappa shape index (κ1) is 14.0. The minimum Gasteiger partial charge on any atom is -0.494 e. The molecule has 0 aliphatic heterocycles. The zero-order valence-electron chi connectivity index (χ0n) is 11.5. The number of para-hydroxylation sites is 1. The molecule has 0 saturated carbocycles. The fourth-order valence-electron chi connectivity index (χ4n) is 2.02. The molecule has 0 saturated heterocycles. The standard InChI is InChI=1S/C15H14N2O2S2/c1-19-11-3-2-4-12-14(11)17-15(21-12)16-13(18)6-5-10-7-8-20-9-10/h2-4,7-9H,5-6H2,1H3,(H,16,17,18). The molecule has 4 nitrogen and oxygen atoms in total. The highest BCUT2D eigenvalue weighted by molar-refractivity contribution is 7.22. The highest BCUT2D eigenvalue weighted by atomic mass is 32.1. The van der Waals surface area contributed by atoms with Crippen molar-refractivity contribution in [3.8, 4) is 5.75 Å². The second kappa shape index (κ2) is 6.24. The van der Waals surface area contributed by atoms with E-state index in [-0.39, 0.29) is 5.91 Å². The van der Waals surface area contributed by atoms with Gasteiger partial charge in [0.15, 0.2) is 5.13 Å². The number of anilines is 1. The maximum Gasteiger partial charge on any atom is 0.226 e. The van der Waals surface area contributed by atoms with Gasteiger partial charge in [0.05, 0.1) is 11.8 Å². The number of ether oxygens (including phenoxy) is 1. The van der Waals surface area contributed by atoms with Crippen LogP contribution in [0.4, 0.5) is 5.13 Å². The lowest BCUT2D eigenvalue weighted by molar-refractivity contribution is -0.116. The summed E-state index contributed by atoms with van der Waals surface area (Å²) in [6, 6.07) is 7.79. The predicted molar refractivity (Wildman–Crippen MR) is 87.4 cm³/mol. The molecule has 1 N–H and O–H groups in total. The summed E-state index contributed by atoms with van der Waals surface area (Å²) in [7, 11) is 1.62. The molecule has 0 aliphatic rings. The number of rotatable bonds is 5. The van der Waals surface area contributed by atoms with E-state index in [1.54, 1.807) is 18.4 Å². The number of methoxy groups -OCH3 is 1. The van der Waals surface area contributed by atoms with Gasteiger partial charge in [0.2, 0.25) is 5.91 Å². The minimum atomic E-state index is -0.0146. The van der Waals surface area contributed by atoms with Crippen molar-refractivity contribution < 1.29 is 9.53 Å². The Bertz CT molecular complexity index is 750. The fourth-order valence-corrected chi connectivity index (χ4v) is 3.62. The summed E-state index contributed by atoms with van der Waals surface area (Å²) in [5.74, 6) is 0.710. The van der Waals surface area contributed by atoms with Gasteiger partial charge in [0, 0.05) is 6.42 Å². The fraction of sp³-hybridized carbons (Fsp3) is 0.200. The van der Waals surface area contributed by atoms with Crippen molar-refractivity contribution in [1.29, 1.82) is 0 Å². The van der Waals surface area contributed by atoms with E-state index in [1.165, 1.54) is 16.9 Å². The van der Waals surface area contributed by atoms with Crippen molar-refractivity contribution in [2.45, 2.75) is 12.8 Å². The van der Waals surface area contributed by atoms with Crippen molar-refractivity contribution in [2.75, 3.05) is 12.4 Å². The summed E-state index contributed by atoms with van der Waals surface area (Å²) in [5.41, 5.74) is 1.99. The maximum absolute atomic E-state index is 12.0. The summed E-state index contributed by atoms with van der Waals surface area (Å²) in [4.78, 5) is 16.4. The van der Waals surface area contributed by atoms with Crippen LogP contribution in [0, 0.1) is 0 Å². The molecule has 1 aromatic carbocycles. The van der Waals surface area contributed by atoms with Gasteiger partial charge in [-0.1, -0.05) is 17.4 Å². The van der Waals surface area contributed by atoms with E-state index in [9.17, 15) is 4.79 Å². The third-order valence-electron chi connectivity index (χ3n) is 3.07. The topological polar surface area (TPSA) is 51.2 Å². The van der Waals surface area contributed by atoms with Gasteiger partial charge in [-0.15, -0.1) is 0 Å². The average Bonchev–Trinajstić information content (AvgIpc) is 3.13. The molecule has 2 aromatic heterocycles. The maximum atomic E-state index is 12.0. The van der Waals surface area contributed by atoms with Crippen LogP contribution in [0.1, 0.15) is 12.0 Å². The smallest absolute Gasteiger partial charge is 0.226 e. The van der Waals surface area contributed by atoms with Crippen molar-refractivity contribution in [2.24, 2.45) is 0 Å². The van der Waals surface area contributed by atoms with Gasteiger partial charge >= 0.3 is 0 Å². The van der Waals surface area contributed by atoms with Gasteiger partial charge in [-0.2, -0.15) is 11.3 Å². The SMILES string of the molecule is COc1cccc2sc(NC(=O)CCc3ccsc3)nc12. The zero-order chi connectivity index (χ0) is 14.7. The third kappa shape index (κ3) is 3.22. The van der Waals surface area contributed by atoms with Crippen LogP contribution >= 0.6 is 22.7 Å². The van der Waals surface area contributed by atoms with Crippen molar-refractivity contribution in [3.05, 3.63) is 40.6 Å². The molecule has 0 bridgehead atoms. The molecule has 0 atom stereocenters. The van der Waals surface area contributed by atoms with E-state index in [2.05, 4.69) is 15.7 Å². The summed E-state index contributed by atoms with van der Waals surface area (Å²) >= 11 is 3.10. The molecule has 2 heterocycles. The number of nitrogens with zero attached hydrogens (tertiary/aromatic N) is 1. The van der Waals surface area contributed by atoms with Crippen LogP contribution in [-0.2, 0) is 11.2 Å². The van der Waals surface area contributed by atoms with E-state index in [0.29, 0.717) is 11.6 Å². The van der Waals surface area contributed by atoms with E-state index >= 15 is 0 Å². The first-order valence-corrected chi connectivity index (χ1v) is 8.26. The van der Waals surface area contributed by atoms with Gasteiger partial charge in [-0.25, -0.2) is 4.98 Å². The Morgan fingerprint density at radius 1 is 1.38 bits per heavy atom. The second-order valence-corrected chi connectivity index (χ2v) is 6.32. The minimum absolute atomic E-state index is 0.0146. The van der Waals surface area contributed by atoms with Gasteiger partial charge in [0.1, 0.15) is 11.3 Å². The number of amides is 1. The Labute approximate surface area is 130 Å². The Hall–Kier alpha value is -1.92. The van der Waals surface area contributed by atoms with Gasteiger partial charge < -0.3 is 10.1 Å². The summed E-state index contributed by atoms with van der Waals surface area (Å²) in [6.07, 6.45) is 1.22. The van der Waals surface area contributed by atoms with Crippen LogP contribution in [0.2, 0.25) is 0 Å². The molecule has 108 valence electrons. The summed E-state index contributed by atoms with van der Waals surface area (Å²) in [5, 5.41) is 7.56. The molecule has 0 aliphatic carbocycles. The summed E-state index contributed by atoms with van der Waals surface area (Å²) < 4.78 is 6.28. The monoisotopic (exact) mass is 318 g/mol. The molecule has 0 radical (unpaired) electrons. The number of hydrogen-bond acceptors (Lipinski definition) is 5. The molecule has 0 fully saturated rings. The number of fused-ring (bicyclic) bond motifs is 1. The van der Waals surface area contributed by atoms with Gasteiger partial charge in [-0.05, 0) is 40.9 Å². The van der Waals surface area contributed by atoms with Crippen LogP contribution in [0.15, 0.2) is 35.0 Å². The van der Waals surface area contributed by atoms with Crippen molar-refractivity contribution >= 4 is 43.9 Å². The Kier molecular flexibility index (Phi) is 4.17. The number of carbonyl (C=O) groups excluding carboxylic acids is 1. The number of benzene rings is 1. The average molecular weight is 318 g/mol. The Morgan fingerprint density at radius 2 is 2.29 bits per heavy atom. The molecule has 0 unspecified atom stereocenters. The van der Waals surface area contributed by atoms with Crippen LogP contribution in [0.25, 0.3) is 10.2 Å². The number of aromatic nitrogens is 1. The van der Waals surface area contributed by atoms with E-state index in [1.807, 2.05) is 29.6 Å². The molecule has 21 heavy (non-hydrogen) atoms. The molecule has 6 heteroatoms. The third-order valence-corrected chi connectivity index (χ3v) is 4.74. The van der Waals surface area contributed by atoms with Crippen LogP contribution in [0.5, 0.6) is 5.75 Å². The largest absolute Gasteiger partial charge is 0.494 e. The Balaban J connectivity index is 1.68. The second-order valence-electron chi connectivity index (χ2n) is 4.51. The normalized spacial score (nSPS) is 10.7. The number of thiazole rings is 1. The first-order chi connectivity index (χ1) is 10.3. The van der Waals surface area contributed by atoms with Crippen LogP contribution in [0.3, 0.4) is 0 Å². The number of thiophene rings is 1. The molecule has 0 spiro atoms. The zero-order valence-corrected chi connectivity index (χ0v) is 13.1. The molecule has 3 aromatic rings. The van der Waals surface area contributed by atoms with Gasteiger partial charge in [-0.3, -0.25) is 4.79 Å². The number of hydrogen-bond donors (Lipinski definition) is 1. The number of aryl methyl sites for hydroxylation is 1. The highest BCUT2D eigenvalue weighted by Gasteiger charge is 2.11. The lowest BCUT2D eigenvalue weighted by Gasteiger charge is -2.00. The van der Waals surface area contributed by atoms with Crippen molar-refractivity contribution in [3.63, 3.8) is 0 Å². The predicted octanol–water partition coefficient (Wildman–Crippen LogP) is 3.94. The van der Waals surface area contributed by atoms with E-state index in [0.717, 1.165) is 22.4 Å². The first-order valence-electron chi connectivity index (χ1n) is 6.51. The van der Waals surface area contributed by atoms with E-state index in [4.69, 9.17) is 4.74 Å². The molecule has 3 rings (SSSR count). The van der Waals surface area contributed by atoms with Gasteiger partial charge in [0.25, 0.3) is 0 Å². The molecular formula is C15H14N2O2S2. The quantitative estimate of drug-likeness (QED) is 0.775. The van der Waals surface area contributed by atoms with Crippen LogP contribution in [-0.4, -0.2) is 18.0 Å². The van der Waals surface area contributed by atoms with E-state index < -0.39 is 0 Å². The molecule has 1 amide bonds. The lowest BCUT2D eigenvalue weighted by Crippen LogP contribution is -2.11. The summed E-state index contributed by atoms with van der Waals surface area (Å²) in [6.45, 7) is 0.